The van der Waals surface area contributed by atoms with Crippen molar-refractivity contribution in [3.8, 4) is 5.75 Å². The molecule has 0 radical (unpaired) electrons. The van der Waals surface area contributed by atoms with Crippen LogP contribution >= 0.6 is 0 Å². The Morgan fingerprint density at radius 1 is 1.35 bits per heavy atom. The summed E-state index contributed by atoms with van der Waals surface area (Å²) in [5.74, 6) is -0.162. The predicted octanol–water partition coefficient (Wildman–Crippen LogP) is 1.59. The largest absolute Gasteiger partial charge is 0.488 e. The third-order valence-corrected chi connectivity index (χ3v) is 3.95. The highest BCUT2D eigenvalue weighted by Gasteiger charge is 2.30. The van der Waals surface area contributed by atoms with Crippen LogP contribution in [-0.4, -0.2) is 36.9 Å². The molecule has 20 heavy (non-hydrogen) atoms. The minimum absolute atomic E-state index is 0.125. The first-order valence-corrected chi connectivity index (χ1v) is 7.03. The van der Waals surface area contributed by atoms with Gasteiger partial charge in [0.05, 0.1) is 19.1 Å². The molecule has 0 bridgehead atoms. The Bertz CT molecular complexity index is 467. The van der Waals surface area contributed by atoms with Crippen molar-refractivity contribution >= 4 is 5.97 Å². The van der Waals surface area contributed by atoms with Crippen LogP contribution in [0.15, 0.2) is 24.3 Å². The van der Waals surface area contributed by atoms with E-state index in [4.69, 9.17) is 14.6 Å². The van der Waals surface area contributed by atoms with Crippen molar-refractivity contribution in [2.24, 2.45) is 5.92 Å². The second kappa shape index (κ2) is 5.81. The topological polar surface area (TPSA) is 67.8 Å². The molecule has 1 aromatic rings. The molecule has 5 nitrogen and oxygen atoms in total. The van der Waals surface area contributed by atoms with Crippen LogP contribution < -0.4 is 10.1 Å². The Morgan fingerprint density at radius 3 is 2.75 bits per heavy atom. The fraction of sp³-hybridized carbons (Fsp3) is 0.533. The number of benzene rings is 1. The summed E-state index contributed by atoms with van der Waals surface area (Å²) in [5, 5.41) is 12.3. The molecule has 0 aromatic heterocycles. The fourth-order valence-corrected chi connectivity index (χ4v) is 2.75. The Balaban J connectivity index is 1.60. The van der Waals surface area contributed by atoms with E-state index in [0.29, 0.717) is 19.6 Å². The maximum atomic E-state index is 11.0. The highest BCUT2D eigenvalue weighted by Crippen LogP contribution is 2.28. The number of aliphatic carboxylic acids is 1. The first-order chi connectivity index (χ1) is 9.72. The van der Waals surface area contributed by atoms with E-state index in [1.54, 1.807) is 0 Å². The van der Waals surface area contributed by atoms with Crippen LogP contribution in [-0.2, 0) is 9.53 Å². The monoisotopic (exact) mass is 277 g/mol. The molecule has 3 rings (SSSR count). The van der Waals surface area contributed by atoms with Crippen molar-refractivity contribution < 1.29 is 19.4 Å². The van der Waals surface area contributed by atoms with Crippen molar-refractivity contribution in [1.29, 1.82) is 0 Å². The minimum atomic E-state index is -0.721. The van der Waals surface area contributed by atoms with Crippen molar-refractivity contribution in [1.82, 2.24) is 5.32 Å². The highest BCUT2D eigenvalue weighted by molar-refractivity contribution is 5.70. The van der Waals surface area contributed by atoms with E-state index in [1.807, 2.05) is 24.3 Å². The van der Waals surface area contributed by atoms with Crippen molar-refractivity contribution in [2.45, 2.75) is 25.0 Å². The standard InChI is InChI=1S/C15H19NO4/c17-15(18)11-7-14(16-8-11)10-1-3-12(4-2-10)20-13-5-6-19-9-13/h1-4,11,13-14,16H,5-9H2,(H,17,18). The highest BCUT2D eigenvalue weighted by atomic mass is 16.5. The number of carboxylic acids is 1. The van der Waals surface area contributed by atoms with Crippen molar-refractivity contribution in [3.05, 3.63) is 29.8 Å². The van der Waals surface area contributed by atoms with Crippen LogP contribution in [0.4, 0.5) is 0 Å². The maximum absolute atomic E-state index is 11.0. The smallest absolute Gasteiger partial charge is 0.307 e. The van der Waals surface area contributed by atoms with E-state index in [-0.39, 0.29) is 18.1 Å². The van der Waals surface area contributed by atoms with Gasteiger partial charge in [0.1, 0.15) is 11.9 Å². The summed E-state index contributed by atoms with van der Waals surface area (Å²) in [6, 6.07) is 8.03. The van der Waals surface area contributed by atoms with Gasteiger partial charge in [0, 0.05) is 19.0 Å². The summed E-state index contributed by atoms with van der Waals surface area (Å²) in [5.41, 5.74) is 1.11. The third-order valence-electron chi connectivity index (χ3n) is 3.95. The third kappa shape index (κ3) is 2.94. The number of nitrogens with one attached hydrogen (secondary N) is 1. The molecule has 3 atom stereocenters. The molecule has 0 spiro atoms. The quantitative estimate of drug-likeness (QED) is 0.874. The van der Waals surface area contributed by atoms with Crippen LogP contribution in [0, 0.1) is 5.92 Å². The summed E-state index contributed by atoms with van der Waals surface area (Å²) in [6.07, 6.45) is 1.74. The van der Waals surface area contributed by atoms with E-state index < -0.39 is 5.97 Å². The molecule has 2 fully saturated rings. The van der Waals surface area contributed by atoms with Gasteiger partial charge in [-0.05, 0) is 24.1 Å². The van der Waals surface area contributed by atoms with E-state index in [1.165, 1.54) is 0 Å². The molecular weight excluding hydrogens is 258 g/mol. The fourth-order valence-electron chi connectivity index (χ4n) is 2.75. The Hall–Kier alpha value is -1.59. The first-order valence-electron chi connectivity index (χ1n) is 7.03. The number of carboxylic acid groups (broad SMARTS) is 1. The number of rotatable bonds is 4. The lowest BCUT2D eigenvalue weighted by Crippen LogP contribution is -2.17. The van der Waals surface area contributed by atoms with E-state index in [2.05, 4.69) is 5.32 Å². The lowest BCUT2D eigenvalue weighted by molar-refractivity contribution is -0.141. The molecule has 3 unspecified atom stereocenters. The second-order valence-electron chi connectivity index (χ2n) is 5.40. The van der Waals surface area contributed by atoms with Gasteiger partial charge in [-0.3, -0.25) is 4.79 Å². The van der Waals surface area contributed by atoms with E-state index in [9.17, 15) is 4.79 Å². The predicted molar refractivity (Wildman–Crippen MR) is 72.8 cm³/mol. The lowest BCUT2D eigenvalue weighted by Gasteiger charge is -2.14. The minimum Gasteiger partial charge on any atom is -0.488 e. The zero-order valence-corrected chi connectivity index (χ0v) is 11.2. The average molecular weight is 277 g/mol. The number of ether oxygens (including phenoxy) is 2. The molecule has 0 amide bonds. The molecule has 0 saturated carbocycles. The number of carbonyl (C=O) groups is 1. The van der Waals surface area contributed by atoms with Gasteiger partial charge in [-0.25, -0.2) is 0 Å². The first kappa shape index (κ1) is 13.4. The summed E-state index contributed by atoms with van der Waals surface area (Å²) in [7, 11) is 0. The molecule has 2 saturated heterocycles. The van der Waals surface area contributed by atoms with E-state index in [0.717, 1.165) is 24.3 Å². The van der Waals surface area contributed by atoms with Gasteiger partial charge in [-0.1, -0.05) is 12.1 Å². The molecule has 2 aliphatic rings. The van der Waals surface area contributed by atoms with Crippen LogP contribution in [0.2, 0.25) is 0 Å². The summed E-state index contributed by atoms with van der Waals surface area (Å²) in [6.45, 7) is 1.97. The Morgan fingerprint density at radius 2 is 2.15 bits per heavy atom. The molecule has 2 N–H and O–H groups in total. The van der Waals surface area contributed by atoms with Gasteiger partial charge < -0.3 is 19.9 Å². The molecule has 2 aliphatic heterocycles. The van der Waals surface area contributed by atoms with Crippen LogP contribution in [0.1, 0.15) is 24.4 Å². The van der Waals surface area contributed by atoms with Gasteiger partial charge in [-0.15, -0.1) is 0 Å². The van der Waals surface area contributed by atoms with Crippen LogP contribution in [0.3, 0.4) is 0 Å². The molecule has 108 valence electrons. The molecular formula is C15H19NO4. The number of hydrogen-bond acceptors (Lipinski definition) is 4. The summed E-state index contributed by atoms with van der Waals surface area (Å²) >= 11 is 0. The SMILES string of the molecule is O=C(O)C1CNC(c2ccc(OC3CCOC3)cc2)C1. The summed E-state index contributed by atoms with van der Waals surface area (Å²) < 4.78 is 11.1. The number of hydrogen-bond donors (Lipinski definition) is 2. The molecule has 1 aromatic carbocycles. The summed E-state index contributed by atoms with van der Waals surface area (Å²) in [4.78, 5) is 11.0. The molecule has 0 aliphatic carbocycles. The van der Waals surface area contributed by atoms with Crippen molar-refractivity contribution in [3.63, 3.8) is 0 Å². The molecule has 2 heterocycles. The average Bonchev–Trinajstić information content (AvgIpc) is 3.10. The Kier molecular flexibility index (Phi) is 3.89. The van der Waals surface area contributed by atoms with Crippen molar-refractivity contribution in [2.75, 3.05) is 19.8 Å². The zero-order chi connectivity index (χ0) is 13.9. The zero-order valence-electron chi connectivity index (χ0n) is 11.2. The maximum Gasteiger partial charge on any atom is 0.307 e. The normalized spacial score (nSPS) is 29.5. The van der Waals surface area contributed by atoms with Crippen LogP contribution in [0.25, 0.3) is 0 Å². The van der Waals surface area contributed by atoms with Gasteiger partial charge in [0.15, 0.2) is 0 Å². The molecule has 5 heteroatoms. The van der Waals surface area contributed by atoms with Gasteiger partial charge in [0.25, 0.3) is 0 Å². The second-order valence-corrected chi connectivity index (χ2v) is 5.40. The van der Waals surface area contributed by atoms with Gasteiger partial charge in [0.2, 0.25) is 0 Å². The van der Waals surface area contributed by atoms with E-state index >= 15 is 0 Å². The Labute approximate surface area is 117 Å². The lowest BCUT2D eigenvalue weighted by atomic mass is 10.0. The van der Waals surface area contributed by atoms with Crippen LogP contribution in [0.5, 0.6) is 5.75 Å². The van der Waals surface area contributed by atoms with Gasteiger partial charge in [-0.2, -0.15) is 0 Å². The van der Waals surface area contributed by atoms with Gasteiger partial charge >= 0.3 is 5.97 Å².